The fourth-order valence-corrected chi connectivity index (χ4v) is 2.74. The Kier molecular flexibility index (Phi) is 2.49. The highest BCUT2D eigenvalue weighted by Crippen LogP contribution is 2.35. The van der Waals surface area contributed by atoms with Crippen molar-refractivity contribution in [3.8, 4) is 0 Å². The summed E-state index contributed by atoms with van der Waals surface area (Å²) in [6.45, 7) is 1.73. The molecule has 0 aliphatic carbocycles. The van der Waals surface area contributed by atoms with Crippen LogP contribution in [0.5, 0.6) is 0 Å². The largest absolute Gasteiger partial charge is 0.393 e. The van der Waals surface area contributed by atoms with Crippen LogP contribution in [0.1, 0.15) is 32.6 Å². The highest BCUT2D eigenvalue weighted by molar-refractivity contribution is 5.82. The molecule has 0 saturated carbocycles. The van der Waals surface area contributed by atoms with Crippen LogP contribution >= 0.6 is 0 Å². The number of aliphatic hydroxyl groups excluding tert-OH is 1. The van der Waals surface area contributed by atoms with Gasteiger partial charge in [0.2, 0.25) is 5.91 Å². The van der Waals surface area contributed by atoms with Crippen molar-refractivity contribution in [1.82, 2.24) is 4.90 Å². The summed E-state index contributed by atoms with van der Waals surface area (Å²) in [7, 11) is 0. The van der Waals surface area contributed by atoms with Crippen LogP contribution in [0.3, 0.4) is 0 Å². The maximum absolute atomic E-state index is 11.8. The third kappa shape index (κ3) is 1.53. The predicted molar refractivity (Wildman–Crippen MR) is 52.5 cm³/mol. The average Bonchev–Trinajstić information content (AvgIpc) is 2.37. The molecule has 4 heteroatoms. The topological polar surface area (TPSA) is 66.6 Å². The van der Waals surface area contributed by atoms with Gasteiger partial charge in [0.05, 0.1) is 12.1 Å². The Morgan fingerprint density at radius 1 is 1.43 bits per heavy atom. The van der Waals surface area contributed by atoms with E-state index in [0.717, 1.165) is 25.7 Å². The van der Waals surface area contributed by atoms with E-state index in [1.165, 1.54) is 0 Å². The van der Waals surface area contributed by atoms with Gasteiger partial charge in [0, 0.05) is 12.1 Å². The number of carbonyl (C=O) groups excluding carboxylic acids is 1. The molecule has 0 aromatic rings. The minimum Gasteiger partial charge on any atom is -0.393 e. The summed E-state index contributed by atoms with van der Waals surface area (Å²) in [6.07, 6.45) is 3.30. The van der Waals surface area contributed by atoms with Crippen LogP contribution in [-0.4, -0.2) is 40.1 Å². The first-order chi connectivity index (χ1) is 6.59. The number of piperidine rings is 1. The molecular formula is C10H18N2O2. The number of hydrogen-bond acceptors (Lipinski definition) is 3. The van der Waals surface area contributed by atoms with Gasteiger partial charge in [0.1, 0.15) is 0 Å². The predicted octanol–water partition coefficient (Wildman–Crippen LogP) is -0.152. The van der Waals surface area contributed by atoms with Crippen molar-refractivity contribution >= 4 is 5.91 Å². The molecule has 3 N–H and O–H groups in total. The van der Waals surface area contributed by atoms with Crippen molar-refractivity contribution < 1.29 is 9.90 Å². The van der Waals surface area contributed by atoms with Gasteiger partial charge in [0.25, 0.3) is 0 Å². The lowest BCUT2D eigenvalue weighted by Gasteiger charge is -2.38. The summed E-state index contributed by atoms with van der Waals surface area (Å²) >= 11 is 0. The van der Waals surface area contributed by atoms with E-state index in [0.29, 0.717) is 0 Å². The van der Waals surface area contributed by atoms with E-state index in [4.69, 9.17) is 5.73 Å². The van der Waals surface area contributed by atoms with Gasteiger partial charge < -0.3 is 15.7 Å². The monoisotopic (exact) mass is 198 g/mol. The molecule has 2 heterocycles. The molecule has 2 aliphatic rings. The van der Waals surface area contributed by atoms with Crippen LogP contribution in [0.25, 0.3) is 0 Å². The summed E-state index contributed by atoms with van der Waals surface area (Å²) < 4.78 is 0. The van der Waals surface area contributed by atoms with E-state index >= 15 is 0 Å². The van der Waals surface area contributed by atoms with Gasteiger partial charge in [-0.15, -0.1) is 0 Å². The van der Waals surface area contributed by atoms with E-state index < -0.39 is 6.04 Å². The van der Waals surface area contributed by atoms with Gasteiger partial charge in [-0.3, -0.25) is 4.79 Å². The zero-order valence-corrected chi connectivity index (χ0v) is 8.52. The second-order valence-electron chi connectivity index (χ2n) is 4.54. The standard InChI is InChI=1S/C10H18N2O2/c1-6(11)10(14)12-7-2-3-8(12)5-9(13)4-7/h6-9,13H,2-5,11H2,1H3/t6-,7?,8?,9?/m1/s1. The van der Waals surface area contributed by atoms with Crippen molar-refractivity contribution in [2.24, 2.45) is 5.73 Å². The molecule has 1 amide bonds. The van der Waals surface area contributed by atoms with Gasteiger partial charge in [-0.1, -0.05) is 0 Å². The van der Waals surface area contributed by atoms with Crippen LogP contribution in [0.2, 0.25) is 0 Å². The van der Waals surface area contributed by atoms with Crippen molar-refractivity contribution in [2.75, 3.05) is 0 Å². The number of rotatable bonds is 1. The number of nitrogens with two attached hydrogens (primary N) is 1. The Balaban J connectivity index is 2.11. The third-order valence-corrected chi connectivity index (χ3v) is 3.35. The molecule has 2 rings (SSSR count). The van der Waals surface area contributed by atoms with Crippen molar-refractivity contribution in [3.05, 3.63) is 0 Å². The second kappa shape index (κ2) is 3.51. The van der Waals surface area contributed by atoms with E-state index in [-0.39, 0.29) is 24.1 Å². The summed E-state index contributed by atoms with van der Waals surface area (Å²) in [6, 6.07) is 0.0674. The minimum atomic E-state index is -0.409. The smallest absolute Gasteiger partial charge is 0.239 e. The highest BCUT2D eigenvalue weighted by Gasteiger charge is 2.43. The molecule has 14 heavy (non-hydrogen) atoms. The molecule has 80 valence electrons. The summed E-state index contributed by atoms with van der Waals surface area (Å²) in [5, 5.41) is 9.56. The Morgan fingerprint density at radius 3 is 2.36 bits per heavy atom. The number of aliphatic hydroxyl groups is 1. The lowest BCUT2D eigenvalue weighted by Crippen LogP contribution is -2.52. The third-order valence-electron chi connectivity index (χ3n) is 3.35. The van der Waals surface area contributed by atoms with Crippen molar-refractivity contribution in [3.63, 3.8) is 0 Å². The fraction of sp³-hybridized carbons (Fsp3) is 0.900. The van der Waals surface area contributed by atoms with Crippen molar-refractivity contribution in [1.29, 1.82) is 0 Å². The van der Waals surface area contributed by atoms with Gasteiger partial charge in [-0.05, 0) is 32.6 Å². The number of nitrogens with zero attached hydrogens (tertiary/aromatic N) is 1. The Morgan fingerprint density at radius 2 is 1.93 bits per heavy atom. The molecule has 0 spiro atoms. The maximum atomic E-state index is 11.8. The first kappa shape index (κ1) is 9.93. The summed E-state index contributed by atoms with van der Waals surface area (Å²) in [4.78, 5) is 13.7. The van der Waals surface area contributed by atoms with Gasteiger partial charge in [-0.25, -0.2) is 0 Å². The average molecular weight is 198 g/mol. The van der Waals surface area contributed by atoms with Crippen LogP contribution in [0.15, 0.2) is 0 Å². The number of fused-ring (bicyclic) bond motifs is 2. The van der Waals surface area contributed by atoms with Gasteiger partial charge >= 0.3 is 0 Å². The minimum absolute atomic E-state index is 0.0457. The molecule has 0 aromatic heterocycles. The highest BCUT2D eigenvalue weighted by atomic mass is 16.3. The first-order valence-corrected chi connectivity index (χ1v) is 5.35. The van der Waals surface area contributed by atoms with Crippen LogP contribution in [0.4, 0.5) is 0 Å². The second-order valence-corrected chi connectivity index (χ2v) is 4.54. The molecule has 2 unspecified atom stereocenters. The van der Waals surface area contributed by atoms with Gasteiger partial charge in [-0.2, -0.15) is 0 Å². The summed E-state index contributed by atoms with van der Waals surface area (Å²) in [5.41, 5.74) is 5.60. The molecule has 2 aliphatic heterocycles. The normalized spacial score (nSPS) is 38.5. The molecule has 0 aromatic carbocycles. The Labute approximate surface area is 84.1 Å². The fourth-order valence-electron chi connectivity index (χ4n) is 2.74. The molecule has 2 fully saturated rings. The Bertz CT molecular complexity index is 228. The molecule has 3 atom stereocenters. The lowest BCUT2D eigenvalue weighted by molar-refractivity contribution is -0.138. The lowest BCUT2D eigenvalue weighted by atomic mass is 9.99. The quantitative estimate of drug-likeness (QED) is 0.615. The number of hydrogen-bond donors (Lipinski definition) is 2. The number of amides is 1. The van der Waals surface area contributed by atoms with Crippen LogP contribution < -0.4 is 5.73 Å². The number of carbonyl (C=O) groups is 1. The van der Waals surface area contributed by atoms with Crippen LogP contribution in [-0.2, 0) is 4.79 Å². The van der Waals surface area contributed by atoms with Crippen LogP contribution in [0, 0.1) is 0 Å². The van der Waals surface area contributed by atoms with E-state index in [1.807, 2.05) is 4.90 Å². The Hall–Kier alpha value is -0.610. The van der Waals surface area contributed by atoms with E-state index in [2.05, 4.69) is 0 Å². The maximum Gasteiger partial charge on any atom is 0.239 e. The van der Waals surface area contributed by atoms with Gasteiger partial charge in [0.15, 0.2) is 0 Å². The molecule has 4 nitrogen and oxygen atoms in total. The zero-order valence-electron chi connectivity index (χ0n) is 8.52. The molecular weight excluding hydrogens is 180 g/mol. The SMILES string of the molecule is C[C@@H](N)C(=O)N1C2CCC1CC(O)C2. The molecule has 2 bridgehead atoms. The molecule has 0 radical (unpaired) electrons. The molecule has 2 saturated heterocycles. The summed E-state index contributed by atoms with van der Waals surface area (Å²) in [5.74, 6) is 0.0457. The van der Waals surface area contributed by atoms with Crippen molar-refractivity contribution in [2.45, 2.75) is 56.8 Å². The zero-order chi connectivity index (χ0) is 10.3. The first-order valence-electron chi connectivity index (χ1n) is 5.35. The van der Waals surface area contributed by atoms with E-state index in [1.54, 1.807) is 6.92 Å². The van der Waals surface area contributed by atoms with E-state index in [9.17, 15) is 9.90 Å².